The number of amides is 1. The summed E-state index contributed by atoms with van der Waals surface area (Å²) in [5, 5.41) is 10.9. The largest absolute Gasteiger partial charge is 0.403 e. The van der Waals surface area contributed by atoms with Crippen molar-refractivity contribution in [3.63, 3.8) is 0 Å². The Hall–Kier alpha value is -2.51. The van der Waals surface area contributed by atoms with Gasteiger partial charge in [0.2, 0.25) is 11.8 Å². The van der Waals surface area contributed by atoms with Crippen LogP contribution in [0, 0.1) is 5.41 Å². The lowest BCUT2D eigenvalue weighted by atomic mass is 10.1. The summed E-state index contributed by atoms with van der Waals surface area (Å²) in [6.07, 6.45) is 0.737. The first kappa shape index (κ1) is 16.9. The number of anilines is 1. The summed E-state index contributed by atoms with van der Waals surface area (Å²) in [6, 6.07) is 8.87. The molecule has 2 atom stereocenters. The fourth-order valence-corrected chi connectivity index (χ4v) is 3.57. The maximum atomic E-state index is 13.5. The van der Waals surface area contributed by atoms with Gasteiger partial charge in [0.05, 0.1) is 5.41 Å². The van der Waals surface area contributed by atoms with E-state index in [2.05, 4.69) is 15.5 Å². The number of rotatable bonds is 5. The topological polar surface area (TPSA) is 71.3 Å². The number of nitrogens with one attached hydrogen (secondary N) is 1. The first-order valence-corrected chi connectivity index (χ1v) is 8.76. The molecule has 1 saturated heterocycles. The minimum Gasteiger partial charge on any atom is -0.403 e. The van der Waals surface area contributed by atoms with Gasteiger partial charge < -0.3 is 14.6 Å². The van der Waals surface area contributed by atoms with Crippen LogP contribution in [0.2, 0.25) is 0 Å². The first-order chi connectivity index (χ1) is 12.4. The highest BCUT2D eigenvalue weighted by Crippen LogP contribution is 2.65. The Morgan fingerprint density at radius 3 is 2.69 bits per heavy atom. The normalized spacial score (nSPS) is 24.7. The molecule has 1 aliphatic heterocycles. The van der Waals surface area contributed by atoms with E-state index >= 15 is 0 Å². The van der Waals surface area contributed by atoms with Gasteiger partial charge in [-0.2, -0.15) is 0 Å². The number of hydrogen-bond donors (Lipinski definition) is 1. The quantitative estimate of drug-likeness (QED) is 0.885. The molecular formula is C18H20F2N4O2. The van der Waals surface area contributed by atoms with Gasteiger partial charge in [-0.3, -0.25) is 4.79 Å². The molecule has 26 heavy (non-hydrogen) atoms. The first-order valence-electron chi connectivity index (χ1n) is 8.76. The van der Waals surface area contributed by atoms with E-state index in [9.17, 15) is 13.6 Å². The van der Waals surface area contributed by atoms with Crippen molar-refractivity contribution < 1.29 is 18.0 Å². The Bertz CT molecular complexity index is 811. The molecule has 1 aromatic heterocycles. The Labute approximate surface area is 149 Å². The van der Waals surface area contributed by atoms with Crippen molar-refractivity contribution in [3.05, 3.63) is 30.3 Å². The summed E-state index contributed by atoms with van der Waals surface area (Å²) in [5.74, 6) is -2.48. The average Bonchev–Trinajstić information content (AvgIpc) is 3.05. The molecule has 2 aliphatic rings. The predicted octanol–water partition coefficient (Wildman–Crippen LogP) is 3.18. The Kier molecular flexibility index (Phi) is 3.93. The van der Waals surface area contributed by atoms with Crippen molar-refractivity contribution in [2.75, 3.05) is 18.4 Å². The van der Waals surface area contributed by atoms with Crippen LogP contribution in [0.3, 0.4) is 0 Å². The Morgan fingerprint density at radius 2 is 2.08 bits per heavy atom. The third-order valence-electron chi connectivity index (χ3n) is 5.33. The van der Waals surface area contributed by atoms with Crippen molar-refractivity contribution in [1.82, 2.24) is 15.1 Å². The van der Waals surface area contributed by atoms with Gasteiger partial charge in [0.1, 0.15) is 6.04 Å². The highest BCUT2D eigenvalue weighted by atomic mass is 19.3. The highest BCUT2D eigenvalue weighted by molar-refractivity contribution is 5.84. The zero-order valence-electron chi connectivity index (χ0n) is 14.4. The lowest BCUT2D eigenvalue weighted by molar-refractivity contribution is -0.131. The van der Waals surface area contributed by atoms with Crippen LogP contribution in [0.1, 0.15) is 26.2 Å². The molecule has 2 fully saturated rings. The number of benzene rings is 1. The van der Waals surface area contributed by atoms with E-state index in [0.29, 0.717) is 25.3 Å². The van der Waals surface area contributed by atoms with Gasteiger partial charge in [-0.15, -0.1) is 5.10 Å². The standard InChI is InChI=1S/C18H20F2N4O2/c1-2-13(15(25)24-9-8-17(11-24)10-18(17,19)20)21-16-23-22-14(26-16)12-6-4-3-5-7-12/h3-7,13H,2,8-11H2,1H3,(H,21,23). The molecule has 1 amide bonds. The van der Waals surface area contributed by atoms with Gasteiger partial charge in [-0.1, -0.05) is 30.2 Å². The minimum atomic E-state index is -2.63. The molecular weight excluding hydrogens is 342 g/mol. The van der Waals surface area contributed by atoms with Crippen molar-refractivity contribution in [1.29, 1.82) is 0 Å². The van der Waals surface area contributed by atoms with E-state index in [1.54, 1.807) is 0 Å². The van der Waals surface area contributed by atoms with E-state index in [1.807, 2.05) is 37.3 Å². The van der Waals surface area contributed by atoms with E-state index < -0.39 is 17.4 Å². The molecule has 4 rings (SSSR count). The van der Waals surface area contributed by atoms with Gasteiger partial charge in [0.25, 0.3) is 5.92 Å². The molecule has 0 bridgehead atoms. The molecule has 1 aliphatic carbocycles. The monoisotopic (exact) mass is 362 g/mol. The van der Waals surface area contributed by atoms with Crippen LogP contribution in [0.25, 0.3) is 11.5 Å². The van der Waals surface area contributed by atoms with Crippen LogP contribution >= 0.6 is 0 Å². The summed E-state index contributed by atoms with van der Waals surface area (Å²) in [5.41, 5.74) is -0.212. The Morgan fingerprint density at radius 1 is 1.35 bits per heavy atom. The maximum Gasteiger partial charge on any atom is 0.316 e. The lowest BCUT2D eigenvalue weighted by Crippen LogP contribution is -2.42. The zero-order chi connectivity index (χ0) is 18.4. The number of nitrogens with zero attached hydrogens (tertiary/aromatic N) is 3. The number of hydrogen-bond acceptors (Lipinski definition) is 5. The summed E-state index contributed by atoms with van der Waals surface area (Å²) < 4.78 is 32.6. The molecule has 2 aromatic rings. The van der Waals surface area contributed by atoms with Crippen molar-refractivity contribution in [2.45, 2.75) is 38.2 Å². The van der Waals surface area contributed by atoms with Crippen LogP contribution in [-0.2, 0) is 4.79 Å². The van der Waals surface area contributed by atoms with Gasteiger partial charge >= 0.3 is 6.01 Å². The van der Waals surface area contributed by atoms with Crippen LogP contribution in [-0.4, -0.2) is 46.1 Å². The average molecular weight is 362 g/mol. The summed E-state index contributed by atoms with van der Waals surface area (Å²) in [6.45, 7) is 2.34. The van der Waals surface area contributed by atoms with Crippen molar-refractivity contribution >= 4 is 11.9 Å². The number of likely N-dealkylation sites (tertiary alicyclic amines) is 1. The van der Waals surface area contributed by atoms with Gasteiger partial charge in [0, 0.05) is 25.1 Å². The molecule has 2 unspecified atom stereocenters. The molecule has 1 spiro atoms. The minimum absolute atomic E-state index is 0.113. The van der Waals surface area contributed by atoms with E-state index in [4.69, 9.17) is 4.42 Å². The van der Waals surface area contributed by atoms with Gasteiger partial charge in [-0.05, 0) is 25.0 Å². The number of carbonyl (C=O) groups excluding carboxylic acids is 1. The number of alkyl halides is 2. The summed E-state index contributed by atoms with van der Waals surface area (Å²) in [7, 11) is 0. The fraction of sp³-hybridized carbons (Fsp3) is 0.500. The SMILES string of the molecule is CCC(Nc1nnc(-c2ccccc2)o1)C(=O)N1CCC2(C1)CC2(F)F. The van der Waals surface area contributed by atoms with Gasteiger partial charge in [0.15, 0.2) is 0 Å². The second kappa shape index (κ2) is 6.03. The number of aromatic nitrogens is 2. The predicted molar refractivity (Wildman–Crippen MR) is 90.6 cm³/mol. The van der Waals surface area contributed by atoms with Crippen molar-refractivity contribution in [2.24, 2.45) is 5.41 Å². The molecule has 2 heterocycles. The van der Waals surface area contributed by atoms with Crippen LogP contribution in [0.5, 0.6) is 0 Å². The molecule has 6 nitrogen and oxygen atoms in total. The smallest absolute Gasteiger partial charge is 0.316 e. The van der Waals surface area contributed by atoms with Crippen molar-refractivity contribution in [3.8, 4) is 11.5 Å². The molecule has 138 valence electrons. The number of halogens is 2. The number of carbonyl (C=O) groups is 1. The maximum absolute atomic E-state index is 13.5. The van der Waals surface area contributed by atoms with Crippen LogP contribution < -0.4 is 5.32 Å². The Balaban J connectivity index is 1.42. The third-order valence-corrected chi connectivity index (χ3v) is 5.33. The molecule has 1 N–H and O–H groups in total. The molecule has 1 saturated carbocycles. The highest BCUT2D eigenvalue weighted by Gasteiger charge is 2.73. The summed E-state index contributed by atoms with van der Waals surface area (Å²) in [4.78, 5) is 14.2. The van der Waals surface area contributed by atoms with E-state index in [1.165, 1.54) is 4.90 Å². The van der Waals surface area contributed by atoms with Gasteiger partial charge in [-0.25, -0.2) is 8.78 Å². The third kappa shape index (κ3) is 2.83. The van der Waals surface area contributed by atoms with Crippen LogP contribution in [0.15, 0.2) is 34.7 Å². The fourth-order valence-electron chi connectivity index (χ4n) is 3.57. The molecule has 8 heteroatoms. The lowest BCUT2D eigenvalue weighted by Gasteiger charge is -2.22. The summed E-state index contributed by atoms with van der Waals surface area (Å²) >= 11 is 0. The van der Waals surface area contributed by atoms with Crippen LogP contribution in [0.4, 0.5) is 14.8 Å². The second-order valence-corrected chi connectivity index (χ2v) is 7.05. The molecule has 1 aromatic carbocycles. The zero-order valence-corrected chi connectivity index (χ0v) is 14.4. The second-order valence-electron chi connectivity index (χ2n) is 7.05. The molecule has 0 radical (unpaired) electrons. The van der Waals surface area contributed by atoms with E-state index in [0.717, 1.165) is 5.56 Å². The van der Waals surface area contributed by atoms with E-state index in [-0.39, 0.29) is 24.9 Å².